The van der Waals surface area contributed by atoms with E-state index in [0.717, 1.165) is 10.6 Å². The summed E-state index contributed by atoms with van der Waals surface area (Å²) in [6.07, 6.45) is 5.25. The molecule has 0 radical (unpaired) electrons. The third kappa shape index (κ3) is 2.77. The second-order valence-corrected chi connectivity index (χ2v) is 4.86. The van der Waals surface area contributed by atoms with Gasteiger partial charge in [0.15, 0.2) is 0 Å². The summed E-state index contributed by atoms with van der Waals surface area (Å²) in [6, 6.07) is 12.0. The maximum absolute atomic E-state index is 4.39. The Bertz CT molecular complexity index is 610. The van der Waals surface area contributed by atoms with Gasteiger partial charge >= 0.3 is 0 Å². The van der Waals surface area contributed by atoms with Crippen LogP contribution in [0.5, 0.6) is 0 Å². The summed E-state index contributed by atoms with van der Waals surface area (Å²) in [7, 11) is 0. The molecule has 1 aromatic carbocycles. The monoisotopic (exact) mass is 268 g/mol. The Balaban J connectivity index is 1.94. The van der Waals surface area contributed by atoms with Crippen molar-refractivity contribution in [3.8, 4) is 0 Å². The SMILES string of the molecule is c1ccc(C(Nc2ncccn2)c2nccs2)cc1. The molecule has 0 aliphatic heterocycles. The maximum atomic E-state index is 4.39. The molecule has 1 atom stereocenters. The Kier molecular flexibility index (Phi) is 3.47. The van der Waals surface area contributed by atoms with Crippen molar-refractivity contribution >= 4 is 17.3 Å². The molecule has 0 saturated carbocycles. The number of thiazole rings is 1. The van der Waals surface area contributed by atoms with Gasteiger partial charge in [-0.1, -0.05) is 30.3 Å². The molecule has 3 aromatic rings. The lowest BCUT2D eigenvalue weighted by atomic mass is 10.1. The molecular weight excluding hydrogens is 256 g/mol. The van der Waals surface area contributed by atoms with Crippen molar-refractivity contribution in [2.45, 2.75) is 6.04 Å². The van der Waals surface area contributed by atoms with Crippen LogP contribution in [0.25, 0.3) is 0 Å². The van der Waals surface area contributed by atoms with Crippen LogP contribution in [0.15, 0.2) is 60.4 Å². The molecule has 94 valence electrons. The molecule has 0 saturated heterocycles. The van der Waals surface area contributed by atoms with Crippen LogP contribution in [0.4, 0.5) is 5.95 Å². The summed E-state index contributed by atoms with van der Waals surface area (Å²) in [4.78, 5) is 12.8. The molecule has 1 unspecified atom stereocenters. The highest BCUT2D eigenvalue weighted by molar-refractivity contribution is 7.09. The Labute approximate surface area is 115 Å². The van der Waals surface area contributed by atoms with Crippen LogP contribution in [-0.4, -0.2) is 15.0 Å². The fraction of sp³-hybridized carbons (Fsp3) is 0.0714. The molecule has 4 nitrogen and oxygen atoms in total. The summed E-state index contributed by atoms with van der Waals surface area (Å²) >= 11 is 1.62. The summed E-state index contributed by atoms with van der Waals surface area (Å²) < 4.78 is 0. The molecule has 0 fully saturated rings. The minimum atomic E-state index is -0.0244. The summed E-state index contributed by atoms with van der Waals surface area (Å²) in [5.41, 5.74) is 1.14. The minimum absolute atomic E-state index is 0.0244. The van der Waals surface area contributed by atoms with Gasteiger partial charge in [0.2, 0.25) is 5.95 Å². The molecule has 2 aromatic heterocycles. The predicted octanol–water partition coefficient (Wildman–Crippen LogP) is 3.13. The van der Waals surface area contributed by atoms with Crippen molar-refractivity contribution in [2.75, 3.05) is 5.32 Å². The van der Waals surface area contributed by atoms with Gasteiger partial charge in [-0.05, 0) is 11.6 Å². The fourth-order valence-electron chi connectivity index (χ4n) is 1.81. The molecule has 0 aliphatic rings. The molecule has 2 heterocycles. The first-order valence-electron chi connectivity index (χ1n) is 5.91. The molecule has 3 rings (SSSR count). The van der Waals surface area contributed by atoms with Gasteiger partial charge in [0, 0.05) is 24.0 Å². The van der Waals surface area contributed by atoms with E-state index >= 15 is 0 Å². The first-order valence-corrected chi connectivity index (χ1v) is 6.79. The van der Waals surface area contributed by atoms with Crippen molar-refractivity contribution in [1.29, 1.82) is 0 Å². The molecule has 0 amide bonds. The average Bonchev–Trinajstić information content (AvgIpc) is 3.01. The Morgan fingerprint density at radius 1 is 0.895 bits per heavy atom. The number of aromatic nitrogens is 3. The number of nitrogens with zero attached hydrogens (tertiary/aromatic N) is 3. The van der Waals surface area contributed by atoms with Crippen molar-refractivity contribution in [2.24, 2.45) is 0 Å². The van der Waals surface area contributed by atoms with E-state index in [9.17, 15) is 0 Å². The third-order valence-corrected chi connectivity index (χ3v) is 3.51. The van der Waals surface area contributed by atoms with Gasteiger partial charge in [0.1, 0.15) is 11.0 Å². The summed E-state index contributed by atoms with van der Waals surface area (Å²) in [5.74, 6) is 0.603. The first-order chi connectivity index (χ1) is 9.43. The second-order valence-electron chi connectivity index (χ2n) is 3.93. The van der Waals surface area contributed by atoms with E-state index in [-0.39, 0.29) is 6.04 Å². The van der Waals surface area contributed by atoms with Crippen LogP contribution in [-0.2, 0) is 0 Å². The molecule has 1 N–H and O–H groups in total. The molecular formula is C14H12N4S. The first kappa shape index (κ1) is 11.8. The Morgan fingerprint density at radius 2 is 1.68 bits per heavy atom. The summed E-state index contributed by atoms with van der Waals surface area (Å²) in [5, 5.41) is 6.29. The average molecular weight is 268 g/mol. The highest BCUT2D eigenvalue weighted by atomic mass is 32.1. The predicted molar refractivity (Wildman–Crippen MR) is 76.1 cm³/mol. The van der Waals surface area contributed by atoms with Crippen molar-refractivity contribution in [3.63, 3.8) is 0 Å². The number of benzene rings is 1. The smallest absolute Gasteiger partial charge is 0.223 e. The van der Waals surface area contributed by atoms with Crippen LogP contribution in [0.1, 0.15) is 16.6 Å². The fourth-order valence-corrected chi connectivity index (χ4v) is 2.53. The van der Waals surface area contributed by atoms with Crippen molar-refractivity contribution in [3.05, 3.63) is 70.9 Å². The van der Waals surface area contributed by atoms with Gasteiger partial charge in [-0.25, -0.2) is 15.0 Å². The Morgan fingerprint density at radius 3 is 2.37 bits per heavy atom. The lowest BCUT2D eigenvalue weighted by Gasteiger charge is -2.16. The van der Waals surface area contributed by atoms with E-state index in [2.05, 4.69) is 32.4 Å². The second kappa shape index (κ2) is 5.58. The molecule has 0 spiro atoms. The van der Waals surface area contributed by atoms with Gasteiger partial charge in [-0.3, -0.25) is 0 Å². The van der Waals surface area contributed by atoms with Crippen LogP contribution >= 0.6 is 11.3 Å². The van der Waals surface area contributed by atoms with Crippen LogP contribution in [0.2, 0.25) is 0 Å². The standard InChI is InChI=1S/C14H12N4S/c1-2-5-11(6-3-1)12(13-15-9-10-19-13)18-14-16-7-4-8-17-14/h1-10,12H,(H,16,17,18). The van der Waals surface area contributed by atoms with E-state index in [1.54, 1.807) is 29.8 Å². The van der Waals surface area contributed by atoms with Crippen LogP contribution < -0.4 is 5.32 Å². The normalized spacial score (nSPS) is 12.0. The molecule has 0 bridgehead atoms. The Hall–Kier alpha value is -2.27. The van der Waals surface area contributed by atoms with E-state index in [1.165, 1.54) is 0 Å². The molecule has 0 aliphatic carbocycles. The van der Waals surface area contributed by atoms with Gasteiger partial charge < -0.3 is 5.32 Å². The zero-order valence-corrected chi connectivity index (χ0v) is 10.9. The van der Waals surface area contributed by atoms with E-state index in [1.807, 2.05) is 29.8 Å². The lowest BCUT2D eigenvalue weighted by Crippen LogP contribution is -2.13. The topological polar surface area (TPSA) is 50.7 Å². The zero-order chi connectivity index (χ0) is 12.9. The minimum Gasteiger partial charge on any atom is -0.341 e. The number of nitrogens with one attached hydrogen (secondary N) is 1. The number of hydrogen-bond donors (Lipinski definition) is 1. The van der Waals surface area contributed by atoms with E-state index in [4.69, 9.17) is 0 Å². The highest BCUT2D eigenvalue weighted by Gasteiger charge is 2.17. The van der Waals surface area contributed by atoms with E-state index in [0.29, 0.717) is 5.95 Å². The van der Waals surface area contributed by atoms with Gasteiger partial charge in [-0.2, -0.15) is 0 Å². The van der Waals surface area contributed by atoms with Gasteiger partial charge in [0.25, 0.3) is 0 Å². The zero-order valence-electron chi connectivity index (χ0n) is 10.1. The largest absolute Gasteiger partial charge is 0.341 e. The van der Waals surface area contributed by atoms with Gasteiger partial charge in [-0.15, -0.1) is 11.3 Å². The number of rotatable bonds is 4. The highest BCUT2D eigenvalue weighted by Crippen LogP contribution is 2.26. The lowest BCUT2D eigenvalue weighted by molar-refractivity contribution is 0.894. The molecule has 5 heteroatoms. The van der Waals surface area contributed by atoms with E-state index < -0.39 is 0 Å². The number of hydrogen-bond acceptors (Lipinski definition) is 5. The molecule has 19 heavy (non-hydrogen) atoms. The quantitative estimate of drug-likeness (QED) is 0.789. The summed E-state index contributed by atoms with van der Waals surface area (Å²) in [6.45, 7) is 0. The number of anilines is 1. The van der Waals surface area contributed by atoms with Gasteiger partial charge in [0.05, 0.1) is 0 Å². The van der Waals surface area contributed by atoms with Crippen molar-refractivity contribution < 1.29 is 0 Å². The van der Waals surface area contributed by atoms with Crippen LogP contribution in [0.3, 0.4) is 0 Å². The van der Waals surface area contributed by atoms with Crippen molar-refractivity contribution in [1.82, 2.24) is 15.0 Å². The van der Waals surface area contributed by atoms with Crippen LogP contribution in [0, 0.1) is 0 Å². The third-order valence-electron chi connectivity index (χ3n) is 2.67. The maximum Gasteiger partial charge on any atom is 0.223 e.